The standard InChI is InChI=1S/C15H17N3OS2/c1-10-3-5-12(6-4-10)9-20-15-17-16-14(21-15)18(11(2)19)13-7-8-13/h3-6,13H,7-9H2,1-2H3. The van der Waals surface area contributed by atoms with Gasteiger partial charge in [-0.2, -0.15) is 0 Å². The molecule has 1 heterocycles. The lowest BCUT2D eigenvalue weighted by molar-refractivity contribution is -0.116. The fourth-order valence-corrected chi connectivity index (χ4v) is 3.98. The number of amides is 1. The van der Waals surface area contributed by atoms with Crippen molar-refractivity contribution < 1.29 is 4.79 Å². The van der Waals surface area contributed by atoms with Crippen molar-refractivity contribution in [3.8, 4) is 0 Å². The predicted molar refractivity (Wildman–Crippen MR) is 86.8 cm³/mol. The second-order valence-electron chi connectivity index (χ2n) is 5.25. The van der Waals surface area contributed by atoms with Gasteiger partial charge in [-0.1, -0.05) is 52.9 Å². The molecule has 21 heavy (non-hydrogen) atoms. The largest absolute Gasteiger partial charge is 0.284 e. The Morgan fingerprint density at radius 3 is 2.67 bits per heavy atom. The van der Waals surface area contributed by atoms with E-state index in [4.69, 9.17) is 0 Å². The lowest BCUT2D eigenvalue weighted by Gasteiger charge is -2.15. The summed E-state index contributed by atoms with van der Waals surface area (Å²) in [7, 11) is 0. The molecule has 0 saturated heterocycles. The van der Waals surface area contributed by atoms with Crippen molar-refractivity contribution in [1.82, 2.24) is 10.2 Å². The number of rotatable bonds is 5. The molecule has 3 rings (SSSR count). The normalized spacial score (nSPS) is 14.2. The Bertz CT molecular complexity index is 635. The topological polar surface area (TPSA) is 46.1 Å². The zero-order chi connectivity index (χ0) is 14.8. The number of carbonyl (C=O) groups excluding carboxylic acids is 1. The molecule has 1 aromatic heterocycles. The first-order valence-electron chi connectivity index (χ1n) is 6.95. The van der Waals surface area contributed by atoms with Gasteiger partial charge in [0.15, 0.2) is 4.34 Å². The highest BCUT2D eigenvalue weighted by Gasteiger charge is 2.34. The first-order chi connectivity index (χ1) is 10.1. The summed E-state index contributed by atoms with van der Waals surface area (Å²) in [4.78, 5) is 13.5. The molecule has 0 radical (unpaired) electrons. The van der Waals surface area contributed by atoms with Crippen molar-refractivity contribution in [3.05, 3.63) is 35.4 Å². The zero-order valence-electron chi connectivity index (χ0n) is 12.1. The third-order valence-corrected chi connectivity index (χ3v) is 5.46. The molecule has 0 bridgehead atoms. The van der Waals surface area contributed by atoms with Gasteiger partial charge in [-0.05, 0) is 25.3 Å². The van der Waals surface area contributed by atoms with Crippen LogP contribution < -0.4 is 4.90 Å². The average Bonchev–Trinajstić information content (AvgIpc) is 3.17. The van der Waals surface area contributed by atoms with Crippen molar-refractivity contribution >= 4 is 34.1 Å². The van der Waals surface area contributed by atoms with E-state index in [0.29, 0.717) is 6.04 Å². The van der Waals surface area contributed by atoms with Gasteiger partial charge in [-0.25, -0.2) is 0 Å². The van der Waals surface area contributed by atoms with Gasteiger partial charge < -0.3 is 0 Å². The first kappa shape index (κ1) is 14.5. The van der Waals surface area contributed by atoms with Crippen LogP contribution in [0.1, 0.15) is 30.9 Å². The van der Waals surface area contributed by atoms with Crippen molar-refractivity contribution in [3.63, 3.8) is 0 Å². The molecule has 1 amide bonds. The Labute approximate surface area is 132 Å². The van der Waals surface area contributed by atoms with E-state index in [-0.39, 0.29) is 5.91 Å². The Morgan fingerprint density at radius 2 is 2.05 bits per heavy atom. The number of carbonyl (C=O) groups is 1. The fourth-order valence-electron chi connectivity index (χ4n) is 2.07. The van der Waals surface area contributed by atoms with Crippen LogP contribution in [0.3, 0.4) is 0 Å². The second-order valence-corrected chi connectivity index (χ2v) is 7.42. The Morgan fingerprint density at radius 1 is 1.33 bits per heavy atom. The Hall–Kier alpha value is -1.40. The molecule has 1 aliphatic rings. The van der Waals surface area contributed by atoms with E-state index in [1.54, 1.807) is 23.6 Å². The van der Waals surface area contributed by atoms with Crippen LogP contribution in [0.4, 0.5) is 5.13 Å². The molecule has 0 unspecified atom stereocenters. The number of hydrogen-bond acceptors (Lipinski definition) is 5. The molecule has 1 saturated carbocycles. The smallest absolute Gasteiger partial charge is 0.225 e. The van der Waals surface area contributed by atoms with E-state index in [1.807, 2.05) is 0 Å². The summed E-state index contributed by atoms with van der Waals surface area (Å²) in [6, 6.07) is 8.84. The van der Waals surface area contributed by atoms with Gasteiger partial charge in [0, 0.05) is 18.7 Å². The Balaban J connectivity index is 1.64. The van der Waals surface area contributed by atoms with Crippen molar-refractivity contribution in [2.24, 2.45) is 0 Å². The summed E-state index contributed by atoms with van der Waals surface area (Å²) in [6.45, 7) is 3.68. The summed E-state index contributed by atoms with van der Waals surface area (Å²) in [5, 5.41) is 9.11. The number of anilines is 1. The van der Waals surface area contributed by atoms with Gasteiger partial charge in [-0.15, -0.1) is 10.2 Å². The molecule has 0 spiro atoms. The minimum atomic E-state index is 0.0590. The highest BCUT2D eigenvalue weighted by atomic mass is 32.2. The third kappa shape index (κ3) is 3.63. The number of aryl methyl sites for hydroxylation is 1. The first-order valence-corrected chi connectivity index (χ1v) is 8.75. The average molecular weight is 319 g/mol. The highest BCUT2D eigenvalue weighted by molar-refractivity contribution is 8.00. The van der Waals surface area contributed by atoms with E-state index in [2.05, 4.69) is 41.4 Å². The molecule has 6 heteroatoms. The number of benzene rings is 1. The van der Waals surface area contributed by atoms with Gasteiger partial charge >= 0.3 is 0 Å². The van der Waals surface area contributed by atoms with Crippen LogP contribution in [0.5, 0.6) is 0 Å². The maximum Gasteiger partial charge on any atom is 0.225 e. The number of thioether (sulfide) groups is 1. The lowest BCUT2D eigenvalue weighted by Crippen LogP contribution is -2.30. The quantitative estimate of drug-likeness (QED) is 0.623. The SMILES string of the molecule is CC(=O)N(c1nnc(SCc2ccc(C)cc2)s1)C1CC1. The van der Waals surface area contributed by atoms with Gasteiger partial charge in [0.25, 0.3) is 0 Å². The van der Waals surface area contributed by atoms with E-state index in [9.17, 15) is 4.79 Å². The molecule has 2 aromatic rings. The van der Waals surface area contributed by atoms with Crippen LogP contribution in [0.2, 0.25) is 0 Å². The fraction of sp³-hybridized carbons (Fsp3) is 0.400. The second kappa shape index (κ2) is 6.15. The van der Waals surface area contributed by atoms with Gasteiger partial charge in [0.2, 0.25) is 11.0 Å². The zero-order valence-corrected chi connectivity index (χ0v) is 13.7. The molecule has 0 N–H and O–H groups in total. The lowest BCUT2D eigenvalue weighted by atomic mass is 10.2. The number of aromatic nitrogens is 2. The molecule has 1 fully saturated rings. The summed E-state index contributed by atoms with van der Waals surface area (Å²) in [6.07, 6.45) is 2.15. The molecule has 0 atom stereocenters. The van der Waals surface area contributed by atoms with E-state index >= 15 is 0 Å². The third-order valence-electron chi connectivity index (χ3n) is 3.34. The number of hydrogen-bond donors (Lipinski definition) is 0. The van der Waals surface area contributed by atoms with E-state index < -0.39 is 0 Å². The van der Waals surface area contributed by atoms with E-state index in [1.165, 1.54) is 22.5 Å². The molecule has 4 nitrogen and oxygen atoms in total. The van der Waals surface area contributed by atoms with Gasteiger partial charge in [-0.3, -0.25) is 9.69 Å². The molecule has 1 aliphatic carbocycles. The summed E-state index contributed by atoms with van der Waals surface area (Å²) in [5.74, 6) is 0.932. The summed E-state index contributed by atoms with van der Waals surface area (Å²) in [5.41, 5.74) is 2.54. The molecule has 1 aromatic carbocycles. The van der Waals surface area contributed by atoms with Crippen LogP contribution in [0, 0.1) is 6.92 Å². The maximum atomic E-state index is 11.7. The highest BCUT2D eigenvalue weighted by Crippen LogP contribution is 2.36. The van der Waals surface area contributed by atoms with Crippen LogP contribution in [-0.4, -0.2) is 22.1 Å². The van der Waals surface area contributed by atoms with Crippen LogP contribution in [-0.2, 0) is 10.5 Å². The molecule has 0 aliphatic heterocycles. The van der Waals surface area contributed by atoms with Crippen molar-refractivity contribution in [2.45, 2.75) is 42.8 Å². The monoisotopic (exact) mass is 319 g/mol. The minimum absolute atomic E-state index is 0.0590. The summed E-state index contributed by atoms with van der Waals surface area (Å²) >= 11 is 3.17. The predicted octanol–water partition coefficient (Wildman–Crippen LogP) is 3.65. The number of nitrogens with zero attached hydrogens (tertiary/aromatic N) is 3. The molecule has 110 valence electrons. The van der Waals surface area contributed by atoms with Gasteiger partial charge in [0.1, 0.15) is 0 Å². The maximum absolute atomic E-state index is 11.7. The van der Waals surface area contributed by atoms with Crippen LogP contribution >= 0.6 is 23.1 Å². The Kier molecular flexibility index (Phi) is 4.26. The van der Waals surface area contributed by atoms with E-state index in [0.717, 1.165) is 28.1 Å². The van der Waals surface area contributed by atoms with Crippen molar-refractivity contribution in [2.75, 3.05) is 4.90 Å². The molecular formula is C15H17N3OS2. The van der Waals surface area contributed by atoms with Crippen LogP contribution in [0.15, 0.2) is 28.6 Å². The summed E-state index contributed by atoms with van der Waals surface area (Å²) < 4.78 is 0.914. The van der Waals surface area contributed by atoms with Crippen LogP contribution in [0.25, 0.3) is 0 Å². The molecular weight excluding hydrogens is 302 g/mol. The van der Waals surface area contributed by atoms with Gasteiger partial charge in [0.05, 0.1) is 0 Å². The van der Waals surface area contributed by atoms with Crippen molar-refractivity contribution in [1.29, 1.82) is 0 Å². The minimum Gasteiger partial charge on any atom is -0.284 e.